The van der Waals surface area contributed by atoms with Crippen LogP contribution in [0.4, 0.5) is 0 Å². The van der Waals surface area contributed by atoms with Crippen LogP contribution in [0.2, 0.25) is 0 Å². The minimum Gasteiger partial charge on any atom is -0.493 e. The Morgan fingerprint density at radius 2 is 2.19 bits per heavy atom. The smallest absolute Gasteiger partial charge is 0.311 e. The molecule has 4 nitrogen and oxygen atoms in total. The van der Waals surface area contributed by atoms with E-state index in [4.69, 9.17) is 14.7 Å². The van der Waals surface area contributed by atoms with Gasteiger partial charge in [0.25, 0.3) is 0 Å². The topological polar surface area (TPSA) is 59.3 Å². The van der Waals surface area contributed by atoms with E-state index in [1.807, 2.05) is 17.5 Å². The summed E-state index contributed by atoms with van der Waals surface area (Å²) in [6.07, 6.45) is 1.97. The van der Waals surface area contributed by atoms with E-state index in [0.717, 1.165) is 12.8 Å². The quantitative estimate of drug-likeness (QED) is 0.604. The average Bonchev–Trinajstić information content (AvgIpc) is 3.01. The fourth-order valence-corrected chi connectivity index (χ4v) is 2.61. The number of hydrogen-bond donors (Lipinski definition) is 0. The summed E-state index contributed by atoms with van der Waals surface area (Å²) in [7, 11) is 1.48. The van der Waals surface area contributed by atoms with Gasteiger partial charge >= 0.3 is 5.97 Å². The van der Waals surface area contributed by atoms with Crippen LogP contribution < -0.4 is 9.47 Å². The van der Waals surface area contributed by atoms with Crippen molar-refractivity contribution < 1.29 is 14.3 Å². The zero-order valence-corrected chi connectivity index (χ0v) is 12.5. The van der Waals surface area contributed by atoms with E-state index in [9.17, 15) is 4.79 Å². The summed E-state index contributed by atoms with van der Waals surface area (Å²) in [5.74, 6) is 0.438. The van der Waals surface area contributed by atoms with Gasteiger partial charge in [0.15, 0.2) is 11.5 Å². The maximum Gasteiger partial charge on any atom is 0.311 e. The number of nitriles is 1. The Morgan fingerprint density at radius 3 is 2.86 bits per heavy atom. The summed E-state index contributed by atoms with van der Waals surface area (Å²) >= 11 is 1.69. The molecule has 0 unspecified atom stereocenters. The third-order valence-electron chi connectivity index (χ3n) is 2.90. The van der Waals surface area contributed by atoms with E-state index < -0.39 is 0 Å². The number of aryl methyl sites for hydroxylation is 1. The maximum absolute atomic E-state index is 11.8. The molecule has 0 aliphatic rings. The van der Waals surface area contributed by atoms with Gasteiger partial charge in [0.1, 0.15) is 0 Å². The average molecular weight is 301 g/mol. The lowest BCUT2D eigenvalue weighted by Gasteiger charge is -2.09. The van der Waals surface area contributed by atoms with Crippen molar-refractivity contribution in [2.75, 3.05) is 7.11 Å². The first-order chi connectivity index (χ1) is 10.2. The van der Waals surface area contributed by atoms with Crippen molar-refractivity contribution in [2.45, 2.75) is 19.3 Å². The first-order valence-corrected chi connectivity index (χ1v) is 7.42. The first kappa shape index (κ1) is 15.1. The van der Waals surface area contributed by atoms with Crippen LogP contribution in [0, 0.1) is 11.3 Å². The number of carbonyl (C=O) groups excluding carboxylic acids is 1. The Kier molecular flexibility index (Phi) is 5.35. The van der Waals surface area contributed by atoms with Crippen molar-refractivity contribution >= 4 is 17.3 Å². The molecule has 0 bridgehead atoms. The molecule has 0 spiro atoms. The Hall–Kier alpha value is -2.32. The lowest BCUT2D eigenvalue weighted by Crippen LogP contribution is -2.09. The minimum absolute atomic E-state index is 0.297. The molecular formula is C16H15NO3S. The zero-order valence-electron chi connectivity index (χ0n) is 11.7. The number of nitrogens with zero attached hydrogens (tertiary/aromatic N) is 1. The molecule has 0 N–H and O–H groups in total. The van der Waals surface area contributed by atoms with Gasteiger partial charge in [-0.25, -0.2) is 0 Å². The number of methoxy groups -OCH3 is 1. The molecule has 0 aliphatic heterocycles. The van der Waals surface area contributed by atoms with E-state index in [1.54, 1.807) is 29.5 Å². The van der Waals surface area contributed by atoms with Crippen molar-refractivity contribution in [3.05, 3.63) is 46.2 Å². The van der Waals surface area contributed by atoms with E-state index in [-0.39, 0.29) is 5.97 Å². The van der Waals surface area contributed by atoms with Gasteiger partial charge in [0.2, 0.25) is 0 Å². The Morgan fingerprint density at radius 1 is 1.33 bits per heavy atom. The van der Waals surface area contributed by atoms with Gasteiger partial charge in [-0.3, -0.25) is 4.79 Å². The SMILES string of the molecule is COc1cc(C#N)ccc1OC(=O)CCCc1cccs1. The highest BCUT2D eigenvalue weighted by atomic mass is 32.1. The van der Waals surface area contributed by atoms with Crippen LogP contribution in [0.15, 0.2) is 35.7 Å². The predicted molar refractivity (Wildman–Crippen MR) is 80.6 cm³/mol. The normalized spacial score (nSPS) is 9.90. The van der Waals surface area contributed by atoms with Gasteiger partial charge in [-0.05, 0) is 36.4 Å². The lowest BCUT2D eigenvalue weighted by molar-refractivity contribution is -0.134. The van der Waals surface area contributed by atoms with Crippen molar-refractivity contribution in [1.29, 1.82) is 5.26 Å². The van der Waals surface area contributed by atoms with Crippen LogP contribution in [0.25, 0.3) is 0 Å². The number of hydrogen-bond acceptors (Lipinski definition) is 5. The second-order valence-corrected chi connectivity index (χ2v) is 5.42. The highest BCUT2D eigenvalue weighted by Crippen LogP contribution is 2.28. The zero-order chi connectivity index (χ0) is 15.1. The van der Waals surface area contributed by atoms with Gasteiger partial charge in [-0.1, -0.05) is 6.07 Å². The van der Waals surface area contributed by atoms with E-state index in [0.29, 0.717) is 23.5 Å². The Labute approximate surface area is 127 Å². The predicted octanol–water partition coefficient (Wildman–Crippen LogP) is 3.56. The number of esters is 1. The summed E-state index contributed by atoms with van der Waals surface area (Å²) < 4.78 is 10.4. The molecule has 0 aliphatic carbocycles. The molecule has 108 valence electrons. The molecule has 2 aromatic rings. The third-order valence-corrected chi connectivity index (χ3v) is 3.84. The monoisotopic (exact) mass is 301 g/mol. The van der Waals surface area contributed by atoms with Crippen molar-refractivity contribution in [1.82, 2.24) is 0 Å². The van der Waals surface area contributed by atoms with Gasteiger partial charge in [0, 0.05) is 17.4 Å². The second-order valence-electron chi connectivity index (χ2n) is 4.38. The molecule has 1 aromatic heterocycles. The molecule has 1 aromatic carbocycles. The van der Waals surface area contributed by atoms with Crippen LogP contribution >= 0.6 is 11.3 Å². The van der Waals surface area contributed by atoms with E-state index >= 15 is 0 Å². The molecular weight excluding hydrogens is 286 g/mol. The molecule has 5 heteroatoms. The van der Waals surface area contributed by atoms with Crippen LogP contribution in [-0.2, 0) is 11.2 Å². The van der Waals surface area contributed by atoms with Crippen LogP contribution in [0.3, 0.4) is 0 Å². The highest BCUT2D eigenvalue weighted by Gasteiger charge is 2.11. The van der Waals surface area contributed by atoms with Gasteiger partial charge in [-0.2, -0.15) is 5.26 Å². The summed E-state index contributed by atoms with van der Waals surface area (Å²) in [6.45, 7) is 0. The number of rotatable bonds is 6. The lowest BCUT2D eigenvalue weighted by atomic mass is 10.2. The number of benzene rings is 1. The number of carbonyl (C=O) groups is 1. The Bertz CT molecular complexity index is 644. The molecule has 21 heavy (non-hydrogen) atoms. The molecule has 0 saturated carbocycles. The van der Waals surface area contributed by atoms with Crippen LogP contribution in [0.1, 0.15) is 23.3 Å². The highest BCUT2D eigenvalue weighted by molar-refractivity contribution is 7.09. The largest absolute Gasteiger partial charge is 0.493 e. The molecule has 2 rings (SSSR count). The fraction of sp³-hybridized carbons (Fsp3) is 0.250. The number of thiophene rings is 1. The molecule has 0 atom stereocenters. The van der Waals surface area contributed by atoms with E-state index in [1.165, 1.54) is 12.0 Å². The van der Waals surface area contributed by atoms with Gasteiger partial charge in [-0.15, -0.1) is 11.3 Å². The summed E-state index contributed by atoms with van der Waals surface area (Å²) in [5, 5.41) is 10.8. The van der Waals surface area contributed by atoms with Crippen molar-refractivity contribution in [3.63, 3.8) is 0 Å². The summed E-state index contributed by atoms with van der Waals surface area (Å²) in [4.78, 5) is 13.1. The molecule has 0 saturated heterocycles. The van der Waals surface area contributed by atoms with Gasteiger partial charge in [0.05, 0.1) is 18.7 Å². The van der Waals surface area contributed by atoms with Crippen LogP contribution in [-0.4, -0.2) is 13.1 Å². The Balaban J connectivity index is 1.89. The molecule has 1 heterocycles. The standard InChI is InChI=1S/C16H15NO3S/c1-19-15-10-12(11-17)7-8-14(15)20-16(18)6-2-4-13-5-3-9-21-13/h3,5,7-10H,2,4,6H2,1H3. The summed E-state index contributed by atoms with van der Waals surface area (Å²) in [5.41, 5.74) is 0.462. The van der Waals surface area contributed by atoms with E-state index in [2.05, 4.69) is 6.07 Å². The maximum atomic E-state index is 11.8. The van der Waals surface area contributed by atoms with Crippen molar-refractivity contribution in [3.8, 4) is 17.6 Å². The van der Waals surface area contributed by atoms with Crippen LogP contribution in [0.5, 0.6) is 11.5 Å². The first-order valence-electron chi connectivity index (χ1n) is 6.54. The summed E-state index contributed by atoms with van der Waals surface area (Å²) in [6, 6.07) is 10.8. The number of ether oxygens (including phenoxy) is 2. The molecule has 0 fully saturated rings. The third kappa shape index (κ3) is 4.33. The molecule has 0 radical (unpaired) electrons. The molecule has 0 amide bonds. The second kappa shape index (κ2) is 7.46. The van der Waals surface area contributed by atoms with Gasteiger partial charge < -0.3 is 9.47 Å². The van der Waals surface area contributed by atoms with Crippen molar-refractivity contribution in [2.24, 2.45) is 0 Å². The minimum atomic E-state index is -0.297. The fourth-order valence-electron chi connectivity index (χ4n) is 1.86.